The molecule has 0 saturated carbocycles. The standard InChI is InChI=1S/C23H18N6O2/c1-15-16(2)29(14-27-15)21-11-22(26-13-25-21)31-20-9-7-19(8-10-20)28-23(30)18-5-3-17(12-24)4-6-18/h3-11,13-14H,1-2H3,(H,28,30). The molecule has 8 nitrogen and oxygen atoms in total. The van der Waals surface area contributed by atoms with Crippen LogP contribution in [0.1, 0.15) is 27.3 Å². The third-order valence-corrected chi connectivity index (χ3v) is 4.74. The van der Waals surface area contributed by atoms with Crippen LogP contribution in [0.15, 0.2) is 67.3 Å². The maximum Gasteiger partial charge on any atom is 0.255 e. The Bertz CT molecular complexity index is 1270. The lowest BCUT2D eigenvalue weighted by Crippen LogP contribution is -2.11. The van der Waals surface area contributed by atoms with Gasteiger partial charge in [0.2, 0.25) is 5.88 Å². The SMILES string of the molecule is Cc1ncn(-c2cc(Oc3ccc(NC(=O)c4ccc(C#N)cc4)cc3)ncn2)c1C. The number of aromatic nitrogens is 4. The molecule has 0 spiro atoms. The molecular weight excluding hydrogens is 392 g/mol. The van der Waals surface area contributed by atoms with Gasteiger partial charge in [-0.2, -0.15) is 5.26 Å². The van der Waals surface area contributed by atoms with Crippen LogP contribution in [0.2, 0.25) is 0 Å². The average Bonchev–Trinajstić information content (AvgIpc) is 3.13. The molecule has 0 radical (unpaired) electrons. The van der Waals surface area contributed by atoms with E-state index in [2.05, 4.69) is 20.3 Å². The quantitative estimate of drug-likeness (QED) is 0.529. The minimum absolute atomic E-state index is 0.260. The molecule has 0 atom stereocenters. The number of amides is 1. The highest BCUT2D eigenvalue weighted by Gasteiger charge is 2.09. The van der Waals surface area contributed by atoms with Gasteiger partial charge in [0.1, 0.15) is 24.2 Å². The fourth-order valence-electron chi connectivity index (χ4n) is 2.87. The second kappa shape index (κ2) is 8.47. The van der Waals surface area contributed by atoms with Crippen LogP contribution in [0.25, 0.3) is 5.82 Å². The van der Waals surface area contributed by atoms with Crippen molar-refractivity contribution in [3.63, 3.8) is 0 Å². The van der Waals surface area contributed by atoms with Crippen molar-refractivity contribution in [2.45, 2.75) is 13.8 Å². The second-order valence-corrected chi connectivity index (χ2v) is 6.77. The summed E-state index contributed by atoms with van der Waals surface area (Å²) in [6.07, 6.45) is 3.15. The van der Waals surface area contributed by atoms with E-state index in [1.807, 2.05) is 24.5 Å². The molecule has 4 rings (SSSR count). The Labute approximate surface area is 178 Å². The number of hydrogen-bond acceptors (Lipinski definition) is 6. The van der Waals surface area contributed by atoms with Gasteiger partial charge in [-0.05, 0) is 62.4 Å². The van der Waals surface area contributed by atoms with Crippen LogP contribution >= 0.6 is 0 Å². The smallest absolute Gasteiger partial charge is 0.255 e. The van der Waals surface area contributed by atoms with Crippen LogP contribution in [0.4, 0.5) is 5.69 Å². The second-order valence-electron chi connectivity index (χ2n) is 6.77. The Balaban J connectivity index is 1.44. The van der Waals surface area contributed by atoms with Crippen molar-refractivity contribution < 1.29 is 9.53 Å². The topological polar surface area (TPSA) is 106 Å². The molecule has 8 heteroatoms. The Kier molecular flexibility index (Phi) is 5.41. The van der Waals surface area contributed by atoms with E-state index >= 15 is 0 Å². The highest BCUT2D eigenvalue weighted by molar-refractivity contribution is 6.04. The van der Waals surface area contributed by atoms with E-state index in [4.69, 9.17) is 10.00 Å². The van der Waals surface area contributed by atoms with Crippen molar-refractivity contribution in [2.75, 3.05) is 5.32 Å². The first kappa shape index (κ1) is 19.8. The van der Waals surface area contributed by atoms with Crippen LogP contribution in [-0.2, 0) is 0 Å². The molecule has 0 unspecified atom stereocenters. The summed E-state index contributed by atoms with van der Waals surface area (Å²) < 4.78 is 7.70. The third-order valence-electron chi connectivity index (χ3n) is 4.74. The summed E-state index contributed by atoms with van der Waals surface area (Å²) in [7, 11) is 0. The van der Waals surface area contributed by atoms with Crippen molar-refractivity contribution in [1.29, 1.82) is 5.26 Å². The fraction of sp³-hybridized carbons (Fsp3) is 0.0870. The molecule has 0 aliphatic rings. The lowest BCUT2D eigenvalue weighted by atomic mass is 10.1. The van der Waals surface area contributed by atoms with E-state index < -0.39 is 0 Å². The summed E-state index contributed by atoms with van der Waals surface area (Å²) in [5.74, 6) is 1.36. The van der Waals surface area contributed by atoms with Crippen molar-refractivity contribution in [1.82, 2.24) is 19.5 Å². The molecule has 1 amide bonds. The number of anilines is 1. The van der Waals surface area contributed by atoms with Gasteiger partial charge in [-0.1, -0.05) is 0 Å². The van der Waals surface area contributed by atoms with Crippen molar-refractivity contribution >= 4 is 11.6 Å². The summed E-state index contributed by atoms with van der Waals surface area (Å²) in [6, 6.07) is 17.1. The van der Waals surface area contributed by atoms with Crippen LogP contribution in [-0.4, -0.2) is 25.4 Å². The van der Waals surface area contributed by atoms with Gasteiger partial charge in [-0.25, -0.2) is 15.0 Å². The maximum atomic E-state index is 12.3. The first-order chi connectivity index (χ1) is 15.0. The average molecular weight is 410 g/mol. The van der Waals surface area contributed by atoms with Crippen molar-refractivity contribution in [3.05, 3.63) is 89.8 Å². The van der Waals surface area contributed by atoms with Crippen LogP contribution in [0.3, 0.4) is 0 Å². The van der Waals surface area contributed by atoms with Gasteiger partial charge in [0.05, 0.1) is 17.3 Å². The van der Waals surface area contributed by atoms with Crippen molar-refractivity contribution in [2.24, 2.45) is 0 Å². The number of ether oxygens (including phenoxy) is 1. The van der Waals surface area contributed by atoms with E-state index in [0.717, 1.165) is 11.4 Å². The Morgan fingerprint density at radius 2 is 1.77 bits per heavy atom. The largest absolute Gasteiger partial charge is 0.439 e. The van der Waals surface area contributed by atoms with E-state index in [0.29, 0.717) is 34.3 Å². The molecule has 4 aromatic rings. The Morgan fingerprint density at radius 1 is 1.03 bits per heavy atom. The summed E-state index contributed by atoms with van der Waals surface area (Å²) >= 11 is 0. The fourth-order valence-corrected chi connectivity index (χ4v) is 2.87. The first-order valence-electron chi connectivity index (χ1n) is 9.46. The van der Waals surface area contributed by atoms with Gasteiger partial charge < -0.3 is 10.1 Å². The lowest BCUT2D eigenvalue weighted by molar-refractivity contribution is 0.102. The number of imidazole rings is 1. The minimum atomic E-state index is -0.260. The summed E-state index contributed by atoms with van der Waals surface area (Å²) in [5.41, 5.74) is 3.52. The monoisotopic (exact) mass is 410 g/mol. The Morgan fingerprint density at radius 3 is 2.42 bits per heavy atom. The molecule has 2 aromatic heterocycles. The zero-order valence-corrected chi connectivity index (χ0v) is 16.9. The number of carbonyl (C=O) groups is 1. The molecule has 0 fully saturated rings. The summed E-state index contributed by atoms with van der Waals surface area (Å²) in [4.78, 5) is 25.1. The normalized spacial score (nSPS) is 10.4. The van der Waals surface area contributed by atoms with Crippen LogP contribution < -0.4 is 10.1 Å². The molecule has 0 aliphatic heterocycles. The molecule has 0 saturated heterocycles. The Hall–Kier alpha value is -4.51. The van der Waals surface area contributed by atoms with Gasteiger partial charge in [0.25, 0.3) is 5.91 Å². The molecule has 2 heterocycles. The van der Waals surface area contributed by atoms with E-state index in [1.54, 1.807) is 60.9 Å². The molecular formula is C23H18N6O2. The van der Waals surface area contributed by atoms with Crippen LogP contribution in [0, 0.1) is 25.2 Å². The van der Waals surface area contributed by atoms with Gasteiger partial charge in [-0.15, -0.1) is 0 Å². The number of nitrogens with one attached hydrogen (secondary N) is 1. The first-order valence-corrected chi connectivity index (χ1v) is 9.46. The summed E-state index contributed by atoms with van der Waals surface area (Å²) in [5, 5.41) is 11.7. The van der Waals surface area contributed by atoms with Gasteiger partial charge in [-0.3, -0.25) is 9.36 Å². The van der Waals surface area contributed by atoms with Gasteiger partial charge in [0.15, 0.2) is 0 Å². The van der Waals surface area contributed by atoms with E-state index in [1.165, 1.54) is 6.33 Å². The van der Waals surface area contributed by atoms with Gasteiger partial charge in [0, 0.05) is 23.0 Å². The highest BCUT2D eigenvalue weighted by atomic mass is 16.5. The molecule has 0 aliphatic carbocycles. The highest BCUT2D eigenvalue weighted by Crippen LogP contribution is 2.23. The molecule has 31 heavy (non-hydrogen) atoms. The number of aryl methyl sites for hydroxylation is 1. The van der Waals surface area contributed by atoms with E-state index in [9.17, 15) is 4.79 Å². The number of nitrogens with zero attached hydrogens (tertiary/aromatic N) is 5. The molecule has 1 N–H and O–H groups in total. The molecule has 152 valence electrons. The summed E-state index contributed by atoms with van der Waals surface area (Å²) in [6.45, 7) is 3.90. The zero-order valence-electron chi connectivity index (χ0n) is 16.9. The maximum absolute atomic E-state index is 12.3. The number of rotatable bonds is 5. The van der Waals surface area contributed by atoms with Crippen molar-refractivity contribution in [3.8, 4) is 23.5 Å². The predicted molar refractivity (Wildman–Crippen MR) is 114 cm³/mol. The van der Waals surface area contributed by atoms with E-state index in [-0.39, 0.29) is 5.91 Å². The molecule has 0 bridgehead atoms. The number of benzene rings is 2. The lowest BCUT2D eigenvalue weighted by Gasteiger charge is -2.09. The van der Waals surface area contributed by atoms with Crippen LogP contribution in [0.5, 0.6) is 11.6 Å². The third kappa shape index (κ3) is 4.41. The minimum Gasteiger partial charge on any atom is -0.439 e. The number of nitriles is 1. The number of carbonyl (C=O) groups excluding carboxylic acids is 1. The zero-order chi connectivity index (χ0) is 21.8. The van der Waals surface area contributed by atoms with Gasteiger partial charge >= 0.3 is 0 Å². The number of hydrogen-bond donors (Lipinski definition) is 1. The molecule has 2 aromatic carbocycles. The predicted octanol–water partition coefficient (Wildman–Crippen LogP) is 4.20.